The van der Waals surface area contributed by atoms with Crippen molar-refractivity contribution >= 4 is 11.5 Å². The lowest BCUT2D eigenvalue weighted by Gasteiger charge is -2.71. The van der Waals surface area contributed by atoms with Gasteiger partial charge in [-0.05, 0) is 24.5 Å². The average molecular weight is 364 g/mol. The number of carbonyl (C=O) groups excluding carboxylic acids is 1. The fraction of sp³-hybridized carbons (Fsp3) is 0.571. The van der Waals surface area contributed by atoms with Crippen molar-refractivity contribution in [2.24, 2.45) is 11.3 Å². The van der Waals surface area contributed by atoms with E-state index in [4.69, 9.17) is 9.47 Å². The molecular weight excluding hydrogens is 344 g/mol. The van der Waals surface area contributed by atoms with Crippen LogP contribution in [0.4, 0.5) is 5.69 Å². The zero-order chi connectivity index (χ0) is 18.0. The highest BCUT2D eigenvalue weighted by molar-refractivity contribution is 6.04. The summed E-state index contributed by atoms with van der Waals surface area (Å²) in [5, 5.41) is 15.8. The van der Waals surface area contributed by atoms with Crippen molar-refractivity contribution < 1.29 is 19.4 Å². The first-order chi connectivity index (χ1) is 13.1. The molecular formula is C21H20N2O4. The molecule has 7 fully saturated rings. The lowest BCUT2D eigenvalue weighted by molar-refractivity contribution is -0.306. The van der Waals surface area contributed by atoms with Crippen molar-refractivity contribution in [1.82, 2.24) is 4.90 Å². The average Bonchev–Trinajstić information content (AvgIpc) is 3.15. The topological polar surface area (TPSA) is 71.0 Å². The number of aliphatic hydroxyl groups is 1. The minimum atomic E-state index is -1.49. The molecule has 1 aromatic rings. The number of Topliss-reactive ketones (excluding diaryl/α,β-unsaturated/α-hetero) is 1. The van der Waals surface area contributed by atoms with Crippen molar-refractivity contribution in [3.05, 3.63) is 35.9 Å². The zero-order valence-corrected chi connectivity index (χ0v) is 14.9. The molecule has 3 spiro atoms. The van der Waals surface area contributed by atoms with Crippen LogP contribution < -0.4 is 10.1 Å². The quantitative estimate of drug-likeness (QED) is 0.719. The van der Waals surface area contributed by atoms with Crippen LogP contribution >= 0.6 is 0 Å². The summed E-state index contributed by atoms with van der Waals surface area (Å²) < 4.78 is 12.2. The molecule has 0 radical (unpaired) electrons. The summed E-state index contributed by atoms with van der Waals surface area (Å²) in [6.07, 6.45) is 5.49. The zero-order valence-electron chi connectivity index (χ0n) is 14.9. The molecule has 9 aliphatic rings. The number of para-hydroxylation sites is 1. The van der Waals surface area contributed by atoms with Gasteiger partial charge in [-0.15, -0.1) is 0 Å². The third-order valence-electron chi connectivity index (χ3n) is 9.24. The summed E-state index contributed by atoms with van der Waals surface area (Å²) in [5.41, 5.74) is -0.839. The van der Waals surface area contributed by atoms with Gasteiger partial charge in [0.15, 0.2) is 11.4 Å². The van der Waals surface area contributed by atoms with Crippen LogP contribution in [0.15, 0.2) is 30.4 Å². The van der Waals surface area contributed by atoms with E-state index in [1.807, 2.05) is 12.1 Å². The first-order valence-electron chi connectivity index (χ1n) is 9.89. The SMILES string of the molecule is COc1cccc2c1NC13CCC45C=CCN6C7OC4C1(O)C(=O)C7C23C65. The number of hydrogen-bond donors (Lipinski definition) is 2. The molecule has 5 aliphatic heterocycles. The molecule has 27 heavy (non-hydrogen) atoms. The van der Waals surface area contributed by atoms with Gasteiger partial charge in [0.1, 0.15) is 18.1 Å². The van der Waals surface area contributed by atoms with Crippen LogP contribution in [-0.2, 0) is 14.9 Å². The number of ketones is 1. The number of methoxy groups -OCH3 is 1. The summed E-state index contributed by atoms with van der Waals surface area (Å²) >= 11 is 0. The Hall–Kier alpha value is -1.89. The van der Waals surface area contributed by atoms with E-state index in [0.717, 1.165) is 36.4 Å². The van der Waals surface area contributed by atoms with E-state index in [2.05, 4.69) is 28.4 Å². The first kappa shape index (κ1) is 14.2. The summed E-state index contributed by atoms with van der Waals surface area (Å²) in [4.78, 5) is 16.1. The van der Waals surface area contributed by atoms with E-state index in [-0.39, 0.29) is 29.4 Å². The van der Waals surface area contributed by atoms with Crippen LogP contribution in [0.5, 0.6) is 5.75 Å². The van der Waals surface area contributed by atoms with Crippen LogP contribution in [0, 0.1) is 11.3 Å². The molecule has 0 aromatic heterocycles. The second-order valence-electron chi connectivity index (χ2n) is 9.41. The number of ether oxygens (including phenoxy) is 2. The molecule has 138 valence electrons. The number of nitrogens with zero attached hydrogens (tertiary/aromatic N) is 1. The molecule has 2 N–H and O–H groups in total. The highest BCUT2D eigenvalue weighted by atomic mass is 16.5. The molecule has 9 unspecified atom stereocenters. The monoisotopic (exact) mass is 364 g/mol. The van der Waals surface area contributed by atoms with Crippen molar-refractivity contribution in [2.75, 3.05) is 19.0 Å². The minimum Gasteiger partial charge on any atom is -0.495 e. The fourth-order valence-corrected chi connectivity index (χ4v) is 8.86. The van der Waals surface area contributed by atoms with Gasteiger partial charge in [-0.2, -0.15) is 0 Å². The molecule has 10 rings (SSSR count). The van der Waals surface area contributed by atoms with E-state index >= 15 is 0 Å². The van der Waals surface area contributed by atoms with E-state index in [1.165, 1.54) is 0 Å². The Labute approximate surface area is 156 Å². The molecule has 4 saturated carbocycles. The predicted molar refractivity (Wildman–Crippen MR) is 94.4 cm³/mol. The van der Waals surface area contributed by atoms with Crippen LogP contribution in [-0.4, -0.2) is 59.0 Å². The Balaban J connectivity index is 1.58. The van der Waals surface area contributed by atoms with Gasteiger partial charge < -0.3 is 19.9 Å². The van der Waals surface area contributed by atoms with Crippen LogP contribution in [0.25, 0.3) is 0 Å². The lowest BCUT2D eigenvalue weighted by atomic mass is 9.40. The normalized spacial score (nSPS) is 58.6. The van der Waals surface area contributed by atoms with E-state index in [0.29, 0.717) is 0 Å². The standard InChI is InChI=1S/C21H20N2O4/c1-26-11-5-2-4-10-13(11)22-19-8-7-18-6-3-9-23-15-12(20(10,19)16(18)23)14(24)21(19,25)17(18)27-15/h2-6,12,15-17,22,25H,7-9H2,1H3. The number of fused-ring (bicyclic) bond motifs is 2. The van der Waals surface area contributed by atoms with Crippen molar-refractivity contribution in [3.63, 3.8) is 0 Å². The van der Waals surface area contributed by atoms with Crippen molar-refractivity contribution in [3.8, 4) is 5.75 Å². The molecule has 9 bridgehead atoms. The van der Waals surface area contributed by atoms with E-state index in [1.54, 1.807) is 7.11 Å². The lowest BCUT2D eigenvalue weighted by Crippen LogP contribution is -2.87. The smallest absolute Gasteiger partial charge is 0.177 e. The molecule has 3 saturated heterocycles. The third kappa shape index (κ3) is 0.921. The number of benzene rings is 1. The molecule has 1 aromatic carbocycles. The summed E-state index contributed by atoms with van der Waals surface area (Å²) in [7, 11) is 1.68. The Bertz CT molecular complexity index is 1020. The van der Waals surface area contributed by atoms with Gasteiger partial charge in [-0.25, -0.2) is 0 Å². The number of carbonyl (C=O) groups is 1. The maximum atomic E-state index is 13.7. The number of rotatable bonds is 1. The molecule has 6 nitrogen and oxygen atoms in total. The maximum Gasteiger partial charge on any atom is 0.177 e. The Morgan fingerprint density at radius 2 is 2.26 bits per heavy atom. The van der Waals surface area contributed by atoms with Gasteiger partial charge in [0.25, 0.3) is 0 Å². The number of hydrogen-bond acceptors (Lipinski definition) is 6. The Morgan fingerprint density at radius 1 is 1.37 bits per heavy atom. The molecule has 0 amide bonds. The predicted octanol–water partition coefficient (Wildman–Crippen LogP) is 0.800. The van der Waals surface area contributed by atoms with Crippen LogP contribution in [0.1, 0.15) is 18.4 Å². The molecule has 5 heterocycles. The summed E-state index contributed by atoms with van der Waals surface area (Å²) in [6, 6.07) is 6.30. The Morgan fingerprint density at radius 3 is 3.11 bits per heavy atom. The van der Waals surface area contributed by atoms with Gasteiger partial charge in [0.05, 0.1) is 29.7 Å². The van der Waals surface area contributed by atoms with Gasteiger partial charge in [-0.3, -0.25) is 9.69 Å². The van der Waals surface area contributed by atoms with Crippen LogP contribution in [0.2, 0.25) is 0 Å². The van der Waals surface area contributed by atoms with E-state index in [9.17, 15) is 9.90 Å². The second kappa shape index (κ2) is 3.56. The van der Waals surface area contributed by atoms with Crippen molar-refractivity contribution in [2.45, 2.75) is 47.8 Å². The number of anilines is 1. The fourth-order valence-electron chi connectivity index (χ4n) is 8.86. The van der Waals surface area contributed by atoms with Gasteiger partial charge in [-0.1, -0.05) is 24.3 Å². The van der Waals surface area contributed by atoms with Crippen LogP contribution in [0.3, 0.4) is 0 Å². The van der Waals surface area contributed by atoms with Gasteiger partial charge in [0.2, 0.25) is 0 Å². The largest absolute Gasteiger partial charge is 0.495 e. The second-order valence-corrected chi connectivity index (χ2v) is 9.41. The molecule has 9 atom stereocenters. The molecule has 6 heteroatoms. The molecule has 4 aliphatic carbocycles. The summed E-state index contributed by atoms with van der Waals surface area (Å²) in [6.45, 7) is 0.809. The minimum absolute atomic E-state index is 0.00547. The summed E-state index contributed by atoms with van der Waals surface area (Å²) in [5.74, 6) is 0.457. The van der Waals surface area contributed by atoms with E-state index < -0.39 is 22.7 Å². The third-order valence-corrected chi connectivity index (χ3v) is 9.24. The maximum absolute atomic E-state index is 13.7. The highest BCUT2D eigenvalue weighted by Gasteiger charge is 2.98. The first-order valence-corrected chi connectivity index (χ1v) is 9.89. The number of nitrogens with one attached hydrogen (secondary N) is 1. The van der Waals surface area contributed by atoms with Gasteiger partial charge in [0, 0.05) is 18.0 Å². The van der Waals surface area contributed by atoms with Crippen molar-refractivity contribution in [1.29, 1.82) is 0 Å². The Kier molecular flexibility index (Phi) is 1.87. The highest BCUT2D eigenvalue weighted by Crippen LogP contribution is 2.83. The van der Waals surface area contributed by atoms with Gasteiger partial charge >= 0.3 is 0 Å².